The van der Waals surface area contributed by atoms with Crippen LogP contribution in [0.1, 0.15) is 6.42 Å². The summed E-state index contributed by atoms with van der Waals surface area (Å²) in [7, 11) is 3.96. The van der Waals surface area contributed by atoms with E-state index in [1.54, 1.807) is 17.1 Å². The van der Waals surface area contributed by atoms with E-state index in [-0.39, 0.29) is 0 Å². The second-order valence-corrected chi connectivity index (χ2v) is 5.12. The topological polar surface area (TPSA) is 75.0 Å². The first-order valence-corrected chi connectivity index (χ1v) is 7.12. The minimum atomic E-state index is 0.571. The van der Waals surface area contributed by atoms with Crippen LogP contribution in [-0.4, -0.2) is 69.7 Å². The smallest absolute Gasteiger partial charge is 0.241 e. The molecule has 0 atom stereocenters. The van der Waals surface area contributed by atoms with E-state index in [1.807, 2.05) is 13.2 Å². The first kappa shape index (κ1) is 13.7. The summed E-state index contributed by atoms with van der Waals surface area (Å²) in [5.74, 6) is 1.87. The quantitative estimate of drug-likeness (QED) is 0.867. The fraction of sp³-hybridized carbons (Fsp3) is 0.538. The molecule has 0 unspecified atom stereocenters. The zero-order valence-electron chi connectivity index (χ0n) is 12.4. The molecule has 112 valence electrons. The Hall–Kier alpha value is -2.22. The van der Waals surface area contributed by atoms with E-state index < -0.39 is 0 Å². The first-order chi connectivity index (χ1) is 10.3. The highest BCUT2D eigenvalue weighted by atomic mass is 15.3. The summed E-state index contributed by atoms with van der Waals surface area (Å²) in [5, 5.41) is 3.00. The molecular weight excluding hydrogens is 268 g/mol. The lowest BCUT2D eigenvalue weighted by atomic mass is 10.4. The first-order valence-electron chi connectivity index (χ1n) is 7.12. The summed E-state index contributed by atoms with van der Waals surface area (Å²) in [6.07, 6.45) is 6.34. The molecular formula is C13H20N8. The second-order valence-electron chi connectivity index (χ2n) is 5.12. The van der Waals surface area contributed by atoms with Gasteiger partial charge in [-0.2, -0.15) is 15.0 Å². The number of hydrogen-bond donors (Lipinski definition) is 1. The van der Waals surface area contributed by atoms with E-state index in [2.05, 4.69) is 42.1 Å². The normalized spacial score (nSPS) is 16.8. The van der Waals surface area contributed by atoms with Gasteiger partial charge in [0.25, 0.3) is 0 Å². The van der Waals surface area contributed by atoms with Gasteiger partial charge in [0.2, 0.25) is 17.8 Å². The maximum Gasteiger partial charge on any atom is 0.241 e. The molecule has 1 fully saturated rings. The van der Waals surface area contributed by atoms with Crippen molar-refractivity contribution in [2.75, 3.05) is 50.5 Å². The SMILES string of the molecule is CNc1nc(N2CCCN(C)CC2)nc(-n2ccnc2)n1. The summed E-state index contributed by atoms with van der Waals surface area (Å²) >= 11 is 0. The lowest BCUT2D eigenvalue weighted by Crippen LogP contribution is -2.30. The molecule has 3 rings (SSSR count). The third kappa shape index (κ3) is 3.10. The molecule has 21 heavy (non-hydrogen) atoms. The molecule has 0 aliphatic carbocycles. The number of nitrogens with zero attached hydrogens (tertiary/aromatic N) is 7. The molecule has 0 radical (unpaired) electrons. The molecule has 0 amide bonds. The zero-order valence-corrected chi connectivity index (χ0v) is 12.4. The van der Waals surface area contributed by atoms with Gasteiger partial charge in [-0.05, 0) is 20.0 Å². The Balaban J connectivity index is 1.92. The Labute approximate surface area is 123 Å². The van der Waals surface area contributed by atoms with Gasteiger partial charge in [-0.25, -0.2) is 4.98 Å². The Bertz CT molecular complexity index is 582. The van der Waals surface area contributed by atoms with Crippen LogP contribution in [0.25, 0.3) is 5.95 Å². The fourth-order valence-corrected chi connectivity index (χ4v) is 2.35. The van der Waals surface area contributed by atoms with Gasteiger partial charge in [0, 0.05) is 39.1 Å². The van der Waals surface area contributed by atoms with Crippen LogP contribution in [0.15, 0.2) is 18.7 Å². The van der Waals surface area contributed by atoms with E-state index in [1.165, 1.54) is 0 Å². The van der Waals surface area contributed by atoms with Crippen molar-refractivity contribution in [3.63, 3.8) is 0 Å². The van der Waals surface area contributed by atoms with Gasteiger partial charge in [-0.1, -0.05) is 0 Å². The van der Waals surface area contributed by atoms with Crippen LogP contribution in [0, 0.1) is 0 Å². The van der Waals surface area contributed by atoms with Crippen molar-refractivity contribution in [3.8, 4) is 5.95 Å². The predicted octanol–water partition coefficient (Wildman–Crippen LogP) is 0.241. The van der Waals surface area contributed by atoms with Crippen LogP contribution >= 0.6 is 0 Å². The van der Waals surface area contributed by atoms with Crippen molar-refractivity contribution in [2.45, 2.75) is 6.42 Å². The lowest BCUT2D eigenvalue weighted by Gasteiger charge is -2.21. The molecule has 1 saturated heterocycles. The van der Waals surface area contributed by atoms with Crippen molar-refractivity contribution < 1.29 is 0 Å². The number of aromatic nitrogens is 5. The lowest BCUT2D eigenvalue weighted by molar-refractivity contribution is 0.360. The number of imidazole rings is 1. The summed E-state index contributed by atoms with van der Waals surface area (Å²) < 4.78 is 1.79. The molecule has 0 bridgehead atoms. The Kier molecular flexibility index (Phi) is 3.96. The number of hydrogen-bond acceptors (Lipinski definition) is 7. The van der Waals surface area contributed by atoms with Gasteiger partial charge in [-0.15, -0.1) is 0 Å². The molecule has 1 aliphatic heterocycles. The molecule has 2 aromatic rings. The van der Waals surface area contributed by atoms with Crippen LogP contribution in [0.5, 0.6) is 0 Å². The van der Waals surface area contributed by atoms with Gasteiger partial charge in [0.15, 0.2) is 0 Å². The maximum atomic E-state index is 4.58. The number of nitrogens with one attached hydrogen (secondary N) is 1. The minimum Gasteiger partial charge on any atom is -0.357 e. The number of likely N-dealkylation sites (N-methyl/N-ethyl adjacent to an activating group) is 1. The number of rotatable bonds is 3. The monoisotopic (exact) mass is 288 g/mol. The van der Waals surface area contributed by atoms with E-state index in [9.17, 15) is 0 Å². The fourth-order valence-electron chi connectivity index (χ4n) is 2.35. The third-order valence-electron chi connectivity index (χ3n) is 3.57. The number of anilines is 2. The van der Waals surface area contributed by atoms with Crippen LogP contribution in [0.3, 0.4) is 0 Å². The molecule has 8 heteroatoms. The van der Waals surface area contributed by atoms with E-state index in [0.29, 0.717) is 17.8 Å². The average Bonchev–Trinajstić information content (AvgIpc) is 2.96. The Morgan fingerprint density at radius 1 is 1.05 bits per heavy atom. The molecule has 1 aliphatic rings. The van der Waals surface area contributed by atoms with Gasteiger partial charge >= 0.3 is 0 Å². The van der Waals surface area contributed by atoms with Gasteiger partial charge in [-0.3, -0.25) is 4.57 Å². The molecule has 8 nitrogen and oxygen atoms in total. The standard InChI is InChI=1S/C13H20N8/c1-14-11-16-12(20-6-3-5-19(2)8-9-20)18-13(17-11)21-7-4-15-10-21/h4,7,10H,3,5-6,8-9H2,1-2H3,(H,14,16,17,18). The molecule has 3 heterocycles. The molecule has 1 N–H and O–H groups in total. The largest absolute Gasteiger partial charge is 0.357 e. The highest BCUT2D eigenvalue weighted by Gasteiger charge is 2.17. The van der Waals surface area contributed by atoms with Crippen molar-refractivity contribution in [1.29, 1.82) is 0 Å². The van der Waals surface area contributed by atoms with Crippen LogP contribution < -0.4 is 10.2 Å². The Morgan fingerprint density at radius 3 is 2.67 bits per heavy atom. The van der Waals surface area contributed by atoms with E-state index in [4.69, 9.17) is 0 Å². The second kappa shape index (κ2) is 6.04. The van der Waals surface area contributed by atoms with Crippen LogP contribution in [0.2, 0.25) is 0 Å². The Morgan fingerprint density at radius 2 is 1.90 bits per heavy atom. The molecule has 0 aromatic carbocycles. The minimum absolute atomic E-state index is 0.571. The molecule has 0 saturated carbocycles. The van der Waals surface area contributed by atoms with Gasteiger partial charge in [0.05, 0.1) is 0 Å². The van der Waals surface area contributed by atoms with Crippen LogP contribution in [0.4, 0.5) is 11.9 Å². The van der Waals surface area contributed by atoms with Gasteiger partial charge < -0.3 is 15.1 Å². The zero-order chi connectivity index (χ0) is 14.7. The van der Waals surface area contributed by atoms with Crippen molar-refractivity contribution >= 4 is 11.9 Å². The van der Waals surface area contributed by atoms with Crippen LogP contribution in [-0.2, 0) is 0 Å². The maximum absolute atomic E-state index is 4.58. The molecule has 2 aromatic heterocycles. The third-order valence-corrected chi connectivity index (χ3v) is 3.57. The predicted molar refractivity (Wildman–Crippen MR) is 80.8 cm³/mol. The molecule has 0 spiro atoms. The summed E-state index contributed by atoms with van der Waals surface area (Å²) in [4.78, 5) is 22.0. The van der Waals surface area contributed by atoms with E-state index in [0.717, 1.165) is 32.6 Å². The van der Waals surface area contributed by atoms with Gasteiger partial charge in [0.1, 0.15) is 6.33 Å². The summed E-state index contributed by atoms with van der Waals surface area (Å²) in [6, 6.07) is 0. The highest BCUT2D eigenvalue weighted by Crippen LogP contribution is 2.15. The summed E-state index contributed by atoms with van der Waals surface area (Å²) in [5.41, 5.74) is 0. The van der Waals surface area contributed by atoms with Crippen molar-refractivity contribution in [1.82, 2.24) is 29.4 Å². The highest BCUT2D eigenvalue weighted by molar-refractivity contribution is 5.40. The average molecular weight is 288 g/mol. The van der Waals surface area contributed by atoms with Crippen molar-refractivity contribution in [2.24, 2.45) is 0 Å². The van der Waals surface area contributed by atoms with E-state index >= 15 is 0 Å². The van der Waals surface area contributed by atoms with Crippen molar-refractivity contribution in [3.05, 3.63) is 18.7 Å². The summed E-state index contributed by atoms with van der Waals surface area (Å²) in [6.45, 7) is 4.00.